The first-order valence-electron chi connectivity index (χ1n) is 4.09. The van der Waals surface area contributed by atoms with Crippen LogP contribution in [-0.4, -0.2) is 11.7 Å². The van der Waals surface area contributed by atoms with Gasteiger partial charge in [-0.05, 0) is 0 Å². The molecule has 1 aromatic carbocycles. The number of rotatable bonds is 0. The molecule has 1 aliphatic rings. The van der Waals surface area contributed by atoms with Crippen molar-refractivity contribution in [1.82, 2.24) is 0 Å². The molecule has 0 saturated heterocycles. The lowest BCUT2D eigenvalue weighted by atomic mass is 10.0. The molecule has 4 heteroatoms. The van der Waals surface area contributed by atoms with E-state index >= 15 is 0 Å². The molecule has 1 aliphatic heterocycles. The smallest absolute Gasteiger partial charge is 0.130 e. The largest absolute Gasteiger partial charge is 0.507 e. The number of phenolic OH excluding ortho intramolecular Hbond substituents is 1. The second-order valence-corrected chi connectivity index (χ2v) is 3.08. The molecule has 1 aromatic rings. The summed E-state index contributed by atoms with van der Waals surface area (Å²) in [5.41, 5.74) is 6.24. The lowest BCUT2D eigenvalue weighted by molar-refractivity contribution is 0.262. The Balaban J connectivity index is 2.56. The molecule has 1 atom stereocenters. The van der Waals surface area contributed by atoms with Gasteiger partial charge < -0.3 is 15.6 Å². The predicted octanol–water partition coefficient (Wildman–Crippen LogP) is 1.31. The molecule has 0 saturated carbocycles. The quantitative estimate of drug-likeness (QED) is 0.637. The highest BCUT2D eigenvalue weighted by atomic mass is 19.1. The van der Waals surface area contributed by atoms with Crippen LogP contribution in [0.2, 0.25) is 0 Å². The molecule has 3 N–H and O–H groups in total. The first-order chi connectivity index (χ1) is 6.18. The minimum Gasteiger partial charge on any atom is -0.507 e. The Morgan fingerprint density at radius 3 is 3.08 bits per heavy atom. The molecular weight excluding hydrogens is 173 g/mol. The number of aromatic hydroxyl groups is 1. The fourth-order valence-electron chi connectivity index (χ4n) is 1.51. The maximum Gasteiger partial charge on any atom is 0.130 e. The third-order valence-corrected chi connectivity index (χ3v) is 2.14. The van der Waals surface area contributed by atoms with E-state index in [1.807, 2.05) is 0 Å². The van der Waals surface area contributed by atoms with Crippen molar-refractivity contribution < 1.29 is 14.2 Å². The maximum atomic E-state index is 12.8. The second kappa shape index (κ2) is 2.88. The first-order valence-corrected chi connectivity index (χ1v) is 4.09. The van der Waals surface area contributed by atoms with Crippen LogP contribution in [0.4, 0.5) is 4.39 Å². The Labute approximate surface area is 74.9 Å². The van der Waals surface area contributed by atoms with Gasteiger partial charge in [0.15, 0.2) is 0 Å². The molecule has 1 heterocycles. The number of benzene rings is 1. The number of phenols is 1. The van der Waals surface area contributed by atoms with Gasteiger partial charge in [0.05, 0.1) is 12.2 Å². The Hall–Kier alpha value is -1.29. The summed E-state index contributed by atoms with van der Waals surface area (Å²) in [6.45, 7) is 0.469. The highest BCUT2D eigenvalue weighted by Gasteiger charge is 2.22. The molecule has 13 heavy (non-hydrogen) atoms. The Morgan fingerprint density at radius 2 is 2.31 bits per heavy atom. The third-order valence-electron chi connectivity index (χ3n) is 2.14. The summed E-state index contributed by atoms with van der Waals surface area (Å²) in [6, 6.07) is 2.03. The highest BCUT2D eigenvalue weighted by Crippen LogP contribution is 2.37. The van der Waals surface area contributed by atoms with E-state index < -0.39 is 5.82 Å². The molecule has 2 rings (SSSR count). The van der Waals surface area contributed by atoms with Gasteiger partial charge in [-0.15, -0.1) is 0 Å². The lowest BCUT2D eigenvalue weighted by Gasteiger charge is -2.23. The van der Waals surface area contributed by atoms with E-state index in [0.717, 1.165) is 6.07 Å². The maximum absolute atomic E-state index is 12.8. The van der Waals surface area contributed by atoms with Crippen LogP contribution in [-0.2, 0) is 0 Å². The number of hydrogen-bond acceptors (Lipinski definition) is 3. The summed E-state index contributed by atoms with van der Waals surface area (Å²) in [4.78, 5) is 0. The van der Waals surface area contributed by atoms with Crippen molar-refractivity contribution in [3.63, 3.8) is 0 Å². The van der Waals surface area contributed by atoms with Gasteiger partial charge in [-0.1, -0.05) is 0 Å². The molecule has 0 radical (unpaired) electrons. The molecular formula is C9H10FNO2. The predicted molar refractivity (Wildman–Crippen MR) is 45.1 cm³/mol. The van der Waals surface area contributed by atoms with Crippen LogP contribution >= 0.6 is 0 Å². The van der Waals surface area contributed by atoms with E-state index in [4.69, 9.17) is 10.5 Å². The number of hydrogen-bond donors (Lipinski definition) is 2. The summed E-state index contributed by atoms with van der Waals surface area (Å²) in [5.74, 6) is -0.274. The van der Waals surface area contributed by atoms with Crippen molar-refractivity contribution >= 4 is 0 Å². The van der Waals surface area contributed by atoms with E-state index in [2.05, 4.69) is 0 Å². The lowest BCUT2D eigenvalue weighted by Crippen LogP contribution is -2.20. The standard InChI is InChI=1S/C9H10FNO2/c10-5-3-7(12)9-6(11)1-2-13-8(9)4-5/h3-4,6,12H,1-2,11H2. The molecule has 3 nitrogen and oxygen atoms in total. The monoisotopic (exact) mass is 183 g/mol. The Morgan fingerprint density at radius 1 is 1.54 bits per heavy atom. The van der Waals surface area contributed by atoms with Crippen molar-refractivity contribution in [1.29, 1.82) is 0 Å². The van der Waals surface area contributed by atoms with Crippen molar-refractivity contribution in [2.75, 3.05) is 6.61 Å². The Bertz CT molecular complexity index is 341. The van der Waals surface area contributed by atoms with Gasteiger partial charge in [-0.2, -0.15) is 0 Å². The van der Waals surface area contributed by atoms with Gasteiger partial charge in [0.25, 0.3) is 0 Å². The molecule has 0 aromatic heterocycles. The van der Waals surface area contributed by atoms with E-state index in [0.29, 0.717) is 24.3 Å². The van der Waals surface area contributed by atoms with Gasteiger partial charge in [0.1, 0.15) is 17.3 Å². The molecule has 0 spiro atoms. The van der Waals surface area contributed by atoms with Gasteiger partial charge in [-0.3, -0.25) is 0 Å². The minimum absolute atomic E-state index is 0.123. The van der Waals surface area contributed by atoms with E-state index in [1.54, 1.807) is 0 Å². The first kappa shape index (κ1) is 8.31. The summed E-state index contributed by atoms with van der Waals surface area (Å²) < 4.78 is 18.0. The highest BCUT2D eigenvalue weighted by molar-refractivity contribution is 5.47. The van der Waals surface area contributed by atoms with Crippen molar-refractivity contribution in [2.24, 2.45) is 5.73 Å². The zero-order valence-electron chi connectivity index (χ0n) is 6.96. The van der Waals surface area contributed by atoms with Gasteiger partial charge >= 0.3 is 0 Å². The minimum atomic E-state index is -0.509. The van der Waals surface area contributed by atoms with Crippen molar-refractivity contribution in [3.05, 3.63) is 23.5 Å². The summed E-state index contributed by atoms with van der Waals surface area (Å²) in [7, 11) is 0. The fourth-order valence-corrected chi connectivity index (χ4v) is 1.51. The number of halogens is 1. The van der Waals surface area contributed by atoms with E-state index in [-0.39, 0.29) is 11.8 Å². The molecule has 0 aliphatic carbocycles. The molecule has 0 bridgehead atoms. The normalized spacial score (nSPS) is 20.6. The average Bonchev–Trinajstić information content (AvgIpc) is 2.02. The van der Waals surface area contributed by atoms with Crippen molar-refractivity contribution in [3.8, 4) is 11.5 Å². The van der Waals surface area contributed by atoms with Crippen LogP contribution < -0.4 is 10.5 Å². The zero-order chi connectivity index (χ0) is 9.42. The topological polar surface area (TPSA) is 55.5 Å². The number of ether oxygens (including phenoxy) is 1. The van der Waals surface area contributed by atoms with Crippen LogP contribution in [0, 0.1) is 5.82 Å². The van der Waals surface area contributed by atoms with Gasteiger partial charge in [0.2, 0.25) is 0 Å². The second-order valence-electron chi connectivity index (χ2n) is 3.08. The van der Waals surface area contributed by atoms with E-state index in [9.17, 15) is 9.50 Å². The van der Waals surface area contributed by atoms with Gasteiger partial charge in [0, 0.05) is 24.6 Å². The summed E-state index contributed by atoms with van der Waals surface area (Å²) in [6.07, 6.45) is 0.645. The van der Waals surface area contributed by atoms with E-state index in [1.165, 1.54) is 6.07 Å². The molecule has 1 unspecified atom stereocenters. The van der Waals surface area contributed by atoms with Gasteiger partial charge in [-0.25, -0.2) is 4.39 Å². The fraction of sp³-hybridized carbons (Fsp3) is 0.333. The van der Waals surface area contributed by atoms with Crippen LogP contribution in [0.5, 0.6) is 11.5 Å². The summed E-state index contributed by atoms with van der Waals surface area (Å²) >= 11 is 0. The Kier molecular flexibility index (Phi) is 1.84. The van der Waals surface area contributed by atoms with Crippen molar-refractivity contribution in [2.45, 2.75) is 12.5 Å². The zero-order valence-corrected chi connectivity index (χ0v) is 6.96. The summed E-state index contributed by atoms with van der Waals surface area (Å²) in [5, 5.41) is 9.41. The number of fused-ring (bicyclic) bond motifs is 1. The molecule has 0 amide bonds. The van der Waals surface area contributed by atoms with Crippen LogP contribution in [0.1, 0.15) is 18.0 Å². The molecule has 0 fully saturated rings. The van der Waals surface area contributed by atoms with Crippen LogP contribution in [0.25, 0.3) is 0 Å². The molecule has 70 valence electrons. The van der Waals surface area contributed by atoms with Crippen LogP contribution in [0.3, 0.4) is 0 Å². The third kappa shape index (κ3) is 1.33. The number of nitrogens with two attached hydrogens (primary N) is 1. The average molecular weight is 183 g/mol. The SMILES string of the molecule is NC1CCOc2cc(F)cc(O)c21. The van der Waals surface area contributed by atoms with Crippen LogP contribution in [0.15, 0.2) is 12.1 Å².